The summed E-state index contributed by atoms with van der Waals surface area (Å²) in [6.45, 7) is 6.20. The molecular formula is C14H21BrN2O2. The molecule has 0 aliphatic carbocycles. The van der Waals surface area contributed by atoms with Crippen LogP contribution in [0.1, 0.15) is 12.5 Å². The van der Waals surface area contributed by atoms with Crippen LogP contribution in [-0.4, -0.2) is 44.8 Å². The van der Waals surface area contributed by atoms with Crippen LogP contribution in [-0.2, 0) is 6.54 Å². The lowest BCUT2D eigenvalue weighted by Gasteiger charge is -2.34. The highest BCUT2D eigenvalue weighted by Gasteiger charge is 2.21. The van der Waals surface area contributed by atoms with Gasteiger partial charge in [-0.25, -0.2) is 0 Å². The lowest BCUT2D eigenvalue weighted by molar-refractivity contribution is 0.162. The van der Waals surface area contributed by atoms with Gasteiger partial charge in [-0.1, -0.05) is 15.9 Å². The smallest absolute Gasteiger partial charge is 0.128 e. The van der Waals surface area contributed by atoms with Crippen molar-refractivity contribution in [3.63, 3.8) is 0 Å². The van der Waals surface area contributed by atoms with E-state index >= 15 is 0 Å². The Bertz CT molecular complexity index is 414. The predicted molar refractivity (Wildman–Crippen MR) is 80.0 cm³/mol. The lowest BCUT2D eigenvalue weighted by atomic mass is 10.1. The monoisotopic (exact) mass is 328 g/mol. The Kier molecular flexibility index (Phi) is 5.07. The quantitative estimate of drug-likeness (QED) is 0.919. The molecule has 1 aliphatic heterocycles. The minimum absolute atomic E-state index is 0.520. The summed E-state index contributed by atoms with van der Waals surface area (Å²) < 4.78 is 12.0. The van der Waals surface area contributed by atoms with Crippen LogP contribution in [0.2, 0.25) is 0 Å². The summed E-state index contributed by atoms with van der Waals surface area (Å²) in [6, 6.07) is 4.50. The highest BCUT2D eigenvalue weighted by Crippen LogP contribution is 2.34. The molecule has 0 radical (unpaired) electrons. The molecule has 0 saturated carbocycles. The number of piperazine rings is 1. The standard InChI is InChI=1S/C14H21BrN2O2/c1-10-8-16-4-5-17(10)9-12-13(18-2)6-11(15)7-14(12)19-3/h6-7,10,16H,4-5,8-9H2,1-3H3/t10-/m1/s1. The number of hydrogen-bond acceptors (Lipinski definition) is 4. The first-order valence-corrected chi connectivity index (χ1v) is 7.30. The van der Waals surface area contributed by atoms with E-state index in [1.807, 2.05) is 12.1 Å². The van der Waals surface area contributed by atoms with Crippen LogP contribution in [0.3, 0.4) is 0 Å². The molecule has 1 aliphatic rings. The van der Waals surface area contributed by atoms with E-state index < -0.39 is 0 Å². The van der Waals surface area contributed by atoms with Crippen LogP contribution in [0.25, 0.3) is 0 Å². The van der Waals surface area contributed by atoms with Crippen molar-refractivity contribution >= 4 is 15.9 Å². The van der Waals surface area contributed by atoms with Gasteiger partial charge >= 0.3 is 0 Å². The van der Waals surface area contributed by atoms with Crippen LogP contribution >= 0.6 is 15.9 Å². The van der Waals surface area contributed by atoms with Crippen molar-refractivity contribution in [1.29, 1.82) is 0 Å². The fraction of sp³-hybridized carbons (Fsp3) is 0.571. The van der Waals surface area contributed by atoms with E-state index in [2.05, 4.69) is 33.1 Å². The van der Waals surface area contributed by atoms with Gasteiger partial charge in [0.1, 0.15) is 11.5 Å². The lowest BCUT2D eigenvalue weighted by Crippen LogP contribution is -2.49. The third-order valence-electron chi connectivity index (χ3n) is 3.57. The number of nitrogens with zero attached hydrogens (tertiary/aromatic N) is 1. The van der Waals surface area contributed by atoms with E-state index in [-0.39, 0.29) is 0 Å². The number of ether oxygens (including phenoxy) is 2. The second-order valence-corrected chi connectivity index (χ2v) is 5.73. The normalized spacial score (nSPS) is 20.3. The Morgan fingerprint density at radius 2 is 1.95 bits per heavy atom. The van der Waals surface area contributed by atoms with Crippen molar-refractivity contribution in [1.82, 2.24) is 10.2 Å². The van der Waals surface area contributed by atoms with Crippen LogP contribution in [0.5, 0.6) is 11.5 Å². The molecule has 106 valence electrons. The Balaban J connectivity index is 2.27. The molecule has 1 atom stereocenters. The molecule has 0 aromatic heterocycles. The van der Waals surface area contributed by atoms with Crippen molar-refractivity contribution in [2.24, 2.45) is 0 Å². The van der Waals surface area contributed by atoms with E-state index in [1.165, 1.54) is 0 Å². The Labute approximate surface area is 123 Å². The maximum Gasteiger partial charge on any atom is 0.128 e. The minimum atomic E-state index is 0.520. The van der Waals surface area contributed by atoms with Crippen molar-refractivity contribution in [2.75, 3.05) is 33.9 Å². The largest absolute Gasteiger partial charge is 0.496 e. The highest BCUT2D eigenvalue weighted by atomic mass is 79.9. The molecule has 5 heteroatoms. The summed E-state index contributed by atoms with van der Waals surface area (Å²) in [6.07, 6.45) is 0. The fourth-order valence-electron chi connectivity index (χ4n) is 2.43. The summed E-state index contributed by atoms with van der Waals surface area (Å²) in [5.74, 6) is 1.74. The van der Waals surface area contributed by atoms with Crippen LogP contribution in [0.4, 0.5) is 0 Å². The Hall–Kier alpha value is -0.780. The van der Waals surface area contributed by atoms with E-state index in [0.29, 0.717) is 6.04 Å². The zero-order valence-corrected chi connectivity index (χ0v) is 13.3. The molecule has 0 unspecified atom stereocenters. The molecule has 1 aromatic rings. The molecule has 2 rings (SSSR count). The van der Waals surface area contributed by atoms with Gasteiger partial charge in [-0.3, -0.25) is 4.90 Å². The first-order chi connectivity index (χ1) is 9.15. The van der Waals surface area contributed by atoms with Gasteiger partial charge in [0.05, 0.1) is 19.8 Å². The number of rotatable bonds is 4. The van der Waals surface area contributed by atoms with Gasteiger partial charge in [-0.05, 0) is 19.1 Å². The Morgan fingerprint density at radius 1 is 1.32 bits per heavy atom. The summed E-state index contributed by atoms with van der Waals surface area (Å²) in [4.78, 5) is 2.45. The van der Waals surface area contributed by atoms with Gasteiger partial charge in [0.25, 0.3) is 0 Å². The summed E-state index contributed by atoms with van der Waals surface area (Å²) in [7, 11) is 3.40. The number of halogens is 1. The first-order valence-electron chi connectivity index (χ1n) is 6.51. The molecule has 1 heterocycles. The molecule has 1 saturated heterocycles. The van der Waals surface area contributed by atoms with Crippen molar-refractivity contribution in [2.45, 2.75) is 19.5 Å². The molecule has 4 nitrogen and oxygen atoms in total. The highest BCUT2D eigenvalue weighted by molar-refractivity contribution is 9.10. The topological polar surface area (TPSA) is 33.7 Å². The van der Waals surface area contributed by atoms with E-state index in [0.717, 1.165) is 47.7 Å². The maximum atomic E-state index is 5.49. The molecular weight excluding hydrogens is 308 g/mol. The molecule has 1 fully saturated rings. The molecule has 1 N–H and O–H groups in total. The molecule has 1 aromatic carbocycles. The zero-order chi connectivity index (χ0) is 13.8. The van der Waals surface area contributed by atoms with Crippen LogP contribution in [0, 0.1) is 0 Å². The molecule has 0 bridgehead atoms. The van der Waals surface area contributed by atoms with Gasteiger partial charge in [0, 0.05) is 36.7 Å². The SMILES string of the molecule is COc1cc(Br)cc(OC)c1CN1CCNC[C@H]1C. The van der Waals surface area contributed by atoms with Gasteiger partial charge < -0.3 is 14.8 Å². The third kappa shape index (κ3) is 3.41. The average molecular weight is 329 g/mol. The van der Waals surface area contributed by atoms with Gasteiger partial charge in [-0.15, -0.1) is 0 Å². The second-order valence-electron chi connectivity index (χ2n) is 4.81. The first kappa shape index (κ1) is 14.6. The van der Waals surface area contributed by atoms with Crippen LogP contribution in [0.15, 0.2) is 16.6 Å². The summed E-state index contributed by atoms with van der Waals surface area (Å²) >= 11 is 3.48. The minimum Gasteiger partial charge on any atom is -0.496 e. The molecule has 0 spiro atoms. The summed E-state index contributed by atoms with van der Waals surface area (Å²) in [5.41, 5.74) is 1.11. The van der Waals surface area contributed by atoms with Crippen molar-refractivity contribution in [3.8, 4) is 11.5 Å². The van der Waals surface area contributed by atoms with E-state index in [9.17, 15) is 0 Å². The van der Waals surface area contributed by atoms with Gasteiger partial charge in [0.15, 0.2) is 0 Å². The second kappa shape index (κ2) is 6.59. The van der Waals surface area contributed by atoms with Crippen molar-refractivity contribution in [3.05, 3.63) is 22.2 Å². The maximum absolute atomic E-state index is 5.49. The van der Waals surface area contributed by atoms with Gasteiger partial charge in [0.2, 0.25) is 0 Å². The average Bonchev–Trinajstić information content (AvgIpc) is 2.42. The van der Waals surface area contributed by atoms with E-state index in [4.69, 9.17) is 9.47 Å². The molecule has 0 amide bonds. The third-order valence-corrected chi connectivity index (χ3v) is 4.03. The Morgan fingerprint density at radius 3 is 2.47 bits per heavy atom. The van der Waals surface area contributed by atoms with Crippen molar-refractivity contribution < 1.29 is 9.47 Å². The molecule has 19 heavy (non-hydrogen) atoms. The van der Waals surface area contributed by atoms with Crippen LogP contribution < -0.4 is 14.8 Å². The predicted octanol–water partition coefficient (Wildman–Crippen LogP) is 2.26. The van der Waals surface area contributed by atoms with Gasteiger partial charge in [-0.2, -0.15) is 0 Å². The number of hydrogen-bond donors (Lipinski definition) is 1. The summed E-state index contributed by atoms with van der Waals surface area (Å²) in [5, 5.41) is 3.40. The number of benzene rings is 1. The zero-order valence-electron chi connectivity index (χ0n) is 11.7. The fourth-order valence-corrected chi connectivity index (χ4v) is 2.84. The number of nitrogens with one attached hydrogen (secondary N) is 1. The number of methoxy groups -OCH3 is 2. The van der Waals surface area contributed by atoms with E-state index in [1.54, 1.807) is 14.2 Å².